The summed E-state index contributed by atoms with van der Waals surface area (Å²) in [6.07, 6.45) is -1.28. The van der Waals surface area contributed by atoms with Gasteiger partial charge in [-0.3, -0.25) is 10.1 Å². The minimum absolute atomic E-state index is 0.130. The highest BCUT2D eigenvalue weighted by Gasteiger charge is 2.43. The lowest BCUT2D eigenvalue weighted by molar-refractivity contribution is -0.0379. The Balaban J connectivity index is 1.90. The monoisotopic (exact) mass is 505 g/mol. The number of aliphatic hydroxyl groups is 3. The van der Waals surface area contributed by atoms with E-state index in [2.05, 4.69) is 5.32 Å². The van der Waals surface area contributed by atoms with Gasteiger partial charge in [0.25, 0.3) is 0 Å². The minimum atomic E-state index is -1.23. The van der Waals surface area contributed by atoms with E-state index in [1.165, 1.54) is 11.8 Å². The van der Waals surface area contributed by atoms with Crippen molar-refractivity contribution >= 4 is 11.8 Å². The van der Waals surface area contributed by atoms with Gasteiger partial charge in [-0.1, -0.05) is 6.07 Å². The molecule has 0 radical (unpaired) electrons. The highest BCUT2D eigenvalue weighted by atomic mass is 32.2. The van der Waals surface area contributed by atoms with Crippen LogP contribution in [0.25, 0.3) is 11.1 Å². The quantitative estimate of drug-likeness (QED) is 0.411. The van der Waals surface area contributed by atoms with E-state index in [0.717, 1.165) is 16.7 Å². The predicted octanol–water partition coefficient (Wildman–Crippen LogP) is 1.48. The van der Waals surface area contributed by atoms with Crippen molar-refractivity contribution in [1.29, 1.82) is 0 Å². The van der Waals surface area contributed by atoms with Crippen LogP contribution in [0.1, 0.15) is 23.6 Å². The molecule has 0 amide bonds. The zero-order valence-electron chi connectivity index (χ0n) is 20.1. The first-order valence-electron chi connectivity index (χ1n) is 11.3. The van der Waals surface area contributed by atoms with E-state index in [-0.39, 0.29) is 5.43 Å². The van der Waals surface area contributed by atoms with Crippen LogP contribution in [0.4, 0.5) is 0 Å². The van der Waals surface area contributed by atoms with Crippen molar-refractivity contribution in [2.24, 2.45) is 0 Å². The average molecular weight is 506 g/mol. The second kappa shape index (κ2) is 10.7. The highest BCUT2D eigenvalue weighted by molar-refractivity contribution is 7.98. The summed E-state index contributed by atoms with van der Waals surface area (Å²) in [4.78, 5) is 13.6. The van der Waals surface area contributed by atoms with Crippen LogP contribution in [0.3, 0.4) is 0 Å². The molecule has 9 nitrogen and oxygen atoms in total. The number of aliphatic hydroxyl groups excluding tert-OH is 3. The lowest BCUT2D eigenvalue weighted by Crippen LogP contribution is -2.42. The molecule has 0 bridgehead atoms. The molecule has 190 valence electrons. The SMILES string of the molecule is COc1cc2c(c(OC)c1OC)-c1ccc(SC)c(=O)cc1[C@@H](NC1O[C@H](CO)[C@@H](O)[C@@H]1O)CC2. The molecular formula is C25H31NO8S. The van der Waals surface area contributed by atoms with Gasteiger partial charge in [-0.05, 0) is 54.0 Å². The van der Waals surface area contributed by atoms with Crippen LogP contribution in [0.15, 0.2) is 34.0 Å². The van der Waals surface area contributed by atoms with E-state index in [4.69, 9.17) is 18.9 Å². The summed E-state index contributed by atoms with van der Waals surface area (Å²) in [5.41, 5.74) is 3.10. The van der Waals surface area contributed by atoms with Gasteiger partial charge in [-0.15, -0.1) is 11.8 Å². The number of benzene rings is 1. The largest absolute Gasteiger partial charge is 0.493 e. The summed E-state index contributed by atoms with van der Waals surface area (Å²) < 4.78 is 22.7. The highest BCUT2D eigenvalue weighted by Crippen LogP contribution is 2.50. The van der Waals surface area contributed by atoms with Crippen LogP contribution in [-0.4, -0.2) is 74.1 Å². The van der Waals surface area contributed by atoms with Gasteiger partial charge in [0.1, 0.15) is 24.5 Å². The topological polar surface area (TPSA) is 127 Å². The Kier molecular flexibility index (Phi) is 7.89. The Hall–Kier alpha value is -2.34. The lowest BCUT2D eigenvalue weighted by Gasteiger charge is -2.25. The van der Waals surface area contributed by atoms with Crippen LogP contribution >= 0.6 is 11.8 Å². The molecule has 2 aliphatic rings. The fourth-order valence-corrected chi connectivity index (χ4v) is 5.34. The summed E-state index contributed by atoms with van der Waals surface area (Å²) in [6, 6.07) is 6.80. The Labute approximate surface area is 208 Å². The molecule has 35 heavy (non-hydrogen) atoms. The molecule has 0 saturated carbocycles. The van der Waals surface area contributed by atoms with Crippen molar-refractivity contribution in [1.82, 2.24) is 5.32 Å². The van der Waals surface area contributed by atoms with Crippen LogP contribution in [0, 0.1) is 0 Å². The third-order valence-electron chi connectivity index (χ3n) is 6.63. The molecule has 4 N–H and O–H groups in total. The van der Waals surface area contributed by atoms with Gasteiger partial charge in [0.05, 0.1) is 32.8 Å². The molecule has 2 aromatic carbocycles. The second-order valence-electron chi connectivity index (χ2n) is 8.48. The van der Waals surface area contributed by atoms with Crippen LogP contribution in [0.5, 0.6) is 17.2 Å². The number of aryl methyl sites for hydroxylation is 1. The number of nitrogens with one attached hydrogen (secondary N) is 1. The van der Waals surface area contributed by atoms with Crippen molar-refractivity contribution < 1.29 is 34.3 Å². The number of hydrogen-bond acceptors (Lipinski definition) is 10. The van der Waals surface area contributed by atoms with Gasteiger partial charge < -0.3 is 34.3 Å². The number of methoxy groups -OCH3 is 3. The number of hydrogen-bond donors (Lipinski definition) is 4. The van der Waals surface area contributed by atoms with Crippen molar-refractivity contribution in [3.05, 3.63) is 45.6 Å². The minimum Gasteiger partial charge on any atom is -0.493 e. The summed E-state index contributed by atoms with van der Waals surface area (Å²) in [5, 5.41) is 33.5. The fraction of sp³-hybridized carbons (Fsp3) is 0.480. The molecular weight excluding hydrogens is 474 g/mol. The molecule has 1 aliphatic carbocycles. The number of rotatable bonds is 7. The number of ether oxygens (including phenoxy) is 4. The third kappa shape index (κ3) is 4.62. The standard InChI is InChI=1S/C25H31NO8S/c1-31-17-9-12-5-7-15(26-25-22(30)21(29)18(11-27)34-25)14-10-16(28)19(35-4)8-6-13(14)20(12)24(33-3)23(17)32-2/h6,8-10,15,18,21-22,25-27,29-30H,5,7,11H2,1-4H3/t15-,18+,21+,22-,25?/m0/s1. The van der Waals surface area contributed by atoms with Crippen LogP contribution in [-0.2, 0) is 11.2 Å². The van der Waals surface area contributed by atoms with Gasteiger partial charge >= 0.3 is 0 Å². The summed E-state index contributed by atoms with van der Waals surface area (Å²) in [6.45, 7) is -0.420. The zero-order valence-corrected chi connectivity index (χ0v) is 20.9. The van der Waals surface area contributed by atoms with E-state index in [0.29, 0.717) is 40.5 Å². The molecule has 10 heteroatoms. The third-order valence-corrected chi connectivity index (χ3v) is 7.41. The van der Waals surface area contributed by atoms with Crippen LogP contribution in [0.2, 0.25) is 0 Å². The molecule has 1 saturated heterocycles. The molecule has 1 heterocycles. The Morgan fingerprint density at radius 3 is 2.43 bits per heavy atom. The summed E-state index contributed by atoms with van der Waals surface area (Å²) in [5.74, 6) is 1.49. The van der Waals surface area contributed by atoms with E-state index in [1.807, 2.05) is 18.4 Å². The first kappa shape index (κ1) is 25.7. The average Bonchev–Trinajstić information content (AvgIpc) is 2.98. The molecule has 5 atom stereocenters. The first-order chi connectivity index (χ1) is 16.9. The zero-order chi connectivity index (χ0) is 25.3. The molecule has 0 aromatic heterocycles. The smallest absolute Gasteiger partial charge is 0.203 e. The van der Waals surface area contributed by atoms with E-state index in [9.17, 15) is 20.1 Å². The Morgan fingerprint density at radius 2 is 1.83 bits per heavy atom. The summed E-state index contributed by atoms with van der Waals surface area (Å²) >= 11 is 1.36. The summed E-state index contributed by atoms with van der Waals surface area (Å²) in [7, 11) is 4.67. The Morgan fingerprint density at radius 1 is 1.09 bits per heavy atom. The molecule has 1 fully saturated rings. The number of fused-ring (bicyclic) bond motifs is 3. The van der Waals surface area contributed by atoms with Gasteiger partial charge in [-0.2, -0.15) is 0 Å². The van der Waals surface area contributed by atoms with E-state index in [1.54, 1.807) is 33.5 Å². The predicted molar refractivity (Wildman–Crippen MR) is 132 cm³/mol. The maximum Gasteiger partial charge on any atom is 0.203 e. The fourth-order valence-electron chi connectivity index (χ4n) is 4.88. The molecule has 4 rings (SSSR count). The van der Waals surface area contributed by atoms with Gasteiger partial charge in [0, 0.05) is 11.6 Å². The maximum atomic E-state index is 13.0. The van der Waals surface area contributed by atoms with Crippen molar-refractivity contribution in [2.75, 3.05) is 34.2 Å². The first-order valence-corrected chi connectivity index (χ1v) is 12.5. The van der Waals surface area contributed by atoms with Gasteiger partial charge in [-0.25, -0.2) is 0 Å². The van der Waals surface area contributed by atoms with Gasteiger partial charge in [0.15, 0.2) is 16.9 Å². The molecule has 1 aliphatic heterocycles. The van der Waals surface area contributed by atoms with Crippen LogP contribution < -0.4 is 25.0 Å². The van der Waals surface area contributed by atoms with Crippen molar-refractivity contribution in [2.45, 2.75) is 48.3 Å². The van der Waals surface area contributed by atoms with Crippen molar-refractivity contribution in [3.8, 4) is 28.4 Å². The normalized spacial score (nSPS) is 25.4. The van der Waals surface area contributed by atoms with E-state index < -0.39 is 37.2 Å². The van der Waals surface area contributed by atoms with Gasteiger partial charge in [0.2, 0.25) is 5.75 Å². The molecule has 2 aromatic rings. The lowest BCUT2D eigenvalue weighted by atomic mass is 9.95. The maximum absolute atomic E-state index is 13.0. The molecule has 0 spiro atoms. The number of thioether (sulfide) groups is 1. The molecule has 1 unspecified atom stereocenters. The second-order valence-corrected chi connectivity index (χ2v) is 9.32. The van der Waals surface area contributed by atoms with Crippen molar-refractivity contribution in [3.63, 3.8) is 0 Å². The van der Waals surface area contributed by atoms with E-state index >= 15 is 0 Å². The Bertz CT molecular complexity index is 1140.